The molecule has 0 amide bonds. The molecule has 1 saturated carbocycles. The summed E-state index contributed by atoms with van der Waals surface area (Å²) in [5.74, 6) is 0. The van der Waals surface area contributed by atoms with Crippen molar-refractivity contribution < 1.29 is 9.84 Å². The molecule has 2 fully saturated rings. The van der Waals surface area contributed by atoms with Crippen LogP contribution in [0.3, 0.4) is 0 Å². The molecule has 0 bridgehead atoms. The van der Waals surface area contributed by atoms with Gasteiger partial charge in [-0.25, -0.2) is 0 Å². The Kier molecular flexibility index (Phi) is 2.81. The quantitative estimate of drug-likeness (QED) is 0.905. The number of benzene rings is 1. The summed E-state index contributed by atoms with van der Waals surface area (Å²) in [6, 6.07) is 8.98. The van der Waals surface area contributed by atoms with Gasteiger partial charge in [-0.15, -0.1) is 0 Å². The molecule has 0 aromatic heterocycles. The molecule has 1 aromatic carbocycles. The van der Waals surface area contributed by atoms with E-state index in [-0.39, 0.29) is 22.9 Å². The summed E-state index contributed by atoms with van der Waals surface area (Å²) in [7, 11) is 0. The Morgan fingerprint density at radius 2 is 1.68 bits per heavy atom. The first-order valence-corrected chi connectivity index (χ1v) is 7.23. The fourth-order valence-electron chi connectivity index (χ4n) is 3.31. The molecule has 1 aromatic rings. The number of aliphatic hydroxyl groups is 1. The Bertz CT molecular complexity index is 459. The van der Waals surface area contributed by atoms with Crippen LogP contribution >= 0.6 is 0 Å². The Morgan fingerprint density at radius 3 is 2.00 bits per heavy atom. The topological polar surface area (TPSA) is 29.5 Å². The minimum atomic E-state index is 0.0676. The summed E-state index contributed by atoms with van der Waals surface area (Å²) >= 11 is 0. The molecule has 1 aliphatic heterocycles. The predicted octanol–water partition coefficient (Wildman–Crippen LogP) is 3.02. The van der Waals surface area contributed by atoms with Crippen molar-refractivity contribution >= 4 is 0 Å². The molecule has 3 rings (SSSR count). The highest BCUT2D eigenvalue weighted by molar-refractivity contribution is 5.38. The van der Waals surface area contributed by atoms with Crippen molar-refractivity contribution in [3.8, 4) is 0 Å². The molecule has 0 spiro atoms. The first kappa shape index (κ1) is 13.1. The monoisotopic (exact) mass is 260 g/mol. The van der Waals surface area contributed by atoms with Crippen LogP contribution in [0.2, 0.25) is 0 Å². The number of aliphatic hydroxyl groups excluding tert-OH is 1. The molecule has 0 atom stereocenters. The van der Waals surface area contributed by atoms with Crippen LogP contribution in [-0.4, -0.2) is 24.9 Å². The van der Waals surface area contributed by atoms with Gasteiger partial charge in [0.05, 0.1) is 13.2 Å². The summed E-state index contributed by atoms with van der Waals surface area (Å²) in [5, 5.41) is 9.75. The summed E-state index contributed by atoms with van der Waals surface area (Å²) < 4.78 is 5.51. The van der Waals surface area contributed by atoms with Crippen molar-refractivity contribution in [2.45, 2.75) is 44.4 Å². The van der Waals surface area contributed by atoms with Crippen LogP contribution in [0.5, 0.6) is 0 Å². The molecule has 19 heavy (non-hydrogen) atoms. The Hall–Kier alpha value is -0.860. The van der Waals surface area contributed by atoms with Gasteiger partial charge < -0.3 is 9.84 Å². The maximum Gasteiger partial charge on any atom is 0.0591 e. The van der Waals surface area contributed by atoms with Crippen LogP contribution in [0.25, 0.3) is 0 Å². The lowest BCUT2D eigenvalue weighted by Gasteiger charge is -2.48. The van der Waals surface area contributed by atoms with E-state index in [9.17, 15) is 5.11 Å². The minimum absolute atomic E-state index is 0.0676. The molecule has 1 N–H and O–H groups in total. The first-order valence-electron chi connectivity index (χ1n) is 7.23. The smallest absolute Gasteiger partial charge is 0.0591 e. The predicted molar refractivity (Wildman–Crippen MR) is 76.4 cm³/mol. The Balaban J connectivity index is 1.93. The third kappa shape index (κ3) is 1.85. The highest BCUT2D eigenvalue weighted by Crippen LogP contribution is 2.62. The second kappa shape index (κ2) is 4.07. The maximum absolute atomic E-state index is 9.75. The number of ether oxygens (including phenoxy) is 1. The number of rotatable bonds is 3. The van der Waals surface area contributed by atoms with Crippen molar-refractivity contribution in [3.63, 3.8) is 0 Å². The second-order valence-electron chi connectivity index (χ2n) is 7.34. The van der Waals surface area contributed by atoms with E-state index < -0.39 is 0 Å². The number of hydrogen-bond acceptors (Lipinski definition) is 2. The zero-order valence-corrected chi connectivity index (χ0v) is 12.2. The van der Waals surface area contributed by atoms with E-state index in [0.29, 0.717) is 0 Å². The molecular weight excluding hydrogens is 236 g/mol. The Morgan fingerprint density at radius 1 is 1.11 bits per heavy atom. The van der Waals surface area contributed by atoms with E-state index in [2.05, 4.69) is 45.0 Å². The molecule has 2 nitrogen and oxygen atoms in total. The van der Waals surface area contributed by atoms with Gasteiger partial charge in [0.2, 0.25) is 0 Å². The number of hydrogen-bond donors (Lipinski definition) is 1. The largest absolute Gasteiger partial charge is 0.396 e. The van der Waals surface area contributed by atoms with Gasteiger partial charge in [-0.1, -0.05) is 45.0 Å². The van der Waals surface area contributed by atoms with Crippen molar-refractivity contribution in [3.05, 3.63) is 35.4 Å². The average molecular weight is 260 g/mol. The van der Waals surface area contributed by atoms with Gasteiger partial charge in [0, 0.05) is 17.4 Å². The van der Waals surface area contributed by atoms with Gasteiger partial charge in [-0.3, -0.25) is 0 Å². The summed E-state index contributed by atoms with van der Waals surface area (Å²) in [6.07, 6.45) is 2.27. The zero-order chi connectivity index (χ0) is 13.7. The molecule has 0 unspecified atom stereocenters. The summed E-state index contributed by atoms with van der Waals surface area (Å²) in [4.78, 5) is 0. The molecule has 1 heterocycles. The second-order valence-corrected chi connectivity index (χ2v) is 7.34. The van der Waals surface area contributed by atoms with E-state index in [1.165, 1.54) is 11.1 Å². The summed E-state index contributed by atoms with van der Waals surface area (Å²) in [6.45, 7) is 8.53. The molecule has 1 aliphatic carbocycles. The summed E-state index contributed by atoms with van der Waals surface area (Å²) in [5.41, 5.74) is 3.06. The fourth-order valence-corrected chi connectivity index (χ4v) is 3.31. The third-order valence-electron chi connectivity index (χ3n) is 5.17. The molecule has 104 valence electrons. The zero-order valence-electron chi connectivity index (χ0n) is 12.2. The molecule has 1 saturated heterocycles. The van der Waals surface area contributed by atoms with Crippen molar-refractivity contribution in [2.75, 3.05) is 19.8 Å². The standard InChI is InChI=1S/C17H24O2/c1-15(2,3)13-4-6-14(7-5-13)17(11-19-12-17)16(10-18)8-9-16/h4-7,18H,8-12H2,1-3H3. The van der Waals surface area contributed by atoms with Gasteiger partial charge in [0.1, 0.15) is 0 Å². The molecule has 2 heteroatoms. The molecule has 2 aliphatic rings. The van der Waals surface area contributed by atoms with Crippen LogP contribution in [-0.2, 0) is 15.6 Å². The van der Waals surface area contributed by atoms with Crippen LogP contribution in [0, 0.1) is 5.41 Å². The van der Waals surface area contributed by atoms with Gasteiger partial charge in [0.25, 0.3) is 0 Å². The van der Waals surface area contributed by atoms with Gasteiger partial charge >= 0.3 is 0 Å². The van der Waals surface area contributed by atoms with E-state index in [4.69, 9.17) is 4.74 Å². The highest BCUT2D eigenvalue weighted by atomic mass is 16.5. The van der Waals surface area contributed by atoms with E-state index in [1.807, 2.05) is 0 Å². The molecular formula is C17H24O2. The van der Waals surface area contributed by atoms with E-state index >= 15 is 0 Å². The van der Waals surface area contributed by atoms with Gasteiger partial charge in [-0.05, 0) is 29.4 Å². The van der Waals surface area contributed by atoms with Crippen LogP contribution < -0.4 is 0 Å². The normalized spacial score (nSPS) is 23.8. The Labute approximate surface area is 115 Å². The lowest BCUT2D eigenvalue weighted by Crippen LogP contribution is -2.55. The first-order chi connectivity index (χ1) is 8.94. The SMILES string of the molecule is CC(C)(C)c1ccc(C2(C3(CO)CC3)COC2)cc1. The lowest BCUT2D eigenvalue weighted by molar-refractivity contribution is -0.110. The average Bonchev–Trinajstić information content (AvgIpc) is 3.08. The van der Waals surface area contributed by atoms with E-state index in [1.54, 1.807) is 0 Å². The molecule has 0 radical (unpaired) electrons. The van der Waals surface area contributed by atoms with Crippen LogP contribution in [0.15, 0.2) is 24.3 Å². The highest BCUT2D eigenvalue weighted by Gasteiger charge is 2.63. The van der Waals surface area contributed by atoms with Crippen LogP contribution in [0.1, 0.15) is 44.7 Å². The van der Waals surface area contributed by atoms with Crippen LogP contribution in [0.4, 0.5) is 0 Å². The van der Waals surface area contributed by atoms with Gasteiger partial charge in [0.15, 0.2) is 0 Å². The van der Waals surface area contributed by atoms with Gasteiger partial charge in [-0.2, -0.15) is 0 Å². The van der Waals surface area contributed by atoms with Crippen molar-refractivity contribution in [2.24, 2.45) is 5.41 Å². The lowest BCUT2D eigenvalue weighted by atomic mass is 9.66. The van der Waals surface area contributed by atoms with E-state index in [0.717, 1.165) is 26.1 Å². The van der Waals surface area contributed by atoms with Crippen molar-refractivity contribution in [1.29, 1.82) is 0 Å². The minimum Gasteiger partial charge on any atom is -0.396 e. The van der Waals surface area contributed by atoms with Crippen molar-refractivity contribution in [1.82, 2.24) is 0 Å². The third-order valence-corrected chi connectivity index (χ3v) is 5.17. The fraction of sp³-hybridized carbons (Fsp3) is 0.647. The maximum atomic E-state index is 9.75.